The zero-order valence-electron chi connectivity index (χ0n) is 31.8. The van der Waals surface area contributed by atoms with Crippen LogP contribution in [0, 0.1) is 19.8 Å². The molecule has 8 rings (SSSR count). The molecule has 6 heterocycles. The number of nitrogens with one attached hydrogen (secondary N) is 5. The highest BCUT2D eigenvalue weighted by Gasteiger charge is 2.23. The number of halogens is 1. The molecule has 0 unspecified atom stereocenters. The van der Waals surface area contributed by atoms with Crippen molar-refractivity contribution in [3.8, 4) is 22.5 Å². The fourth-order valence-corrected chi connectivity index (χ4v) is 6.09. The SMILES string of the molecule is CC(C)(O)CN.Cc1nc2cccc(-c3cc4c([nH]3)CCNC4=O)c2nc1F.Cc1nc2cccc(-c3cc4c([nH]3)CCNC4=O)c2nc1NCC(C)(C)O. The van der Waals surface area contributed by atoms with Gasteiger partial charge in [-0.15, -0.1) is 0 Å². The van der Waals surface area contributed by atoms with Crippen LogP contribution in [-0.4, -0.2) is 89.3 Å². The molecule has 4 aromatic heterocycles. The second kappa shape index (κ2) is 15.5. The number of nitrogens with two attached hydrogens (primary N) is 1. The number of carbonyl (C=O) groups excluding carboxylic acids is 2. The lowest BCUT2D eigenvalue weighted by molar-refractivity contribution is 0.0896. The molecule has 0 radical (unpaired) electrons. The molecule has 6 aromatic rings. The second-order valence-corrected chi connectivity index (χ2v) is 14.9. The summed E-state index contributed by atoms with van der Waals surface area (Å²) in [6, 6.07) is 15.0. The summed E-state index contributed by atoms with van der Waals surface area (Å²) in [7, 11) is 0. The highest BCUT2D eigenvalue weighted by molar-refractivity contribution is 6.00. The minimum Gasteiger partial charge on any atom is -0.389 e. The molecule has 0 aliphatic carbocycles. The first-order valence-corrected chi connectivity index (χ1v) is 18.1. The van der Waals surface area contributed by atoms with Crippen LogP contribution in [0.2, 0.25) is 0 Å². The lowest BCUT2D eigenvalue weighted by Crippen LogP contribution is -2.31. The number of nitrogens with zero attached hydrogens (tertiary/aromatic N) is 4. The standard InChI is InChI=1S/C20H23N5O2.C16H13FN4O.C4H11NO/c1-11-18(22-10-20(2,3)27)25-17-12(5-4-6-15(17)23-11)16-9-13-14(24-16)7-8-21-19(13)26;1-8-15(17)21-14-9(3-2-4-12(14)19-8)13-7-10-11(20-13)5-6-18-16(10)22;1-4(2,6)3-5/h4-6,9,24,27H,7-8,10H2,1-3H3,(H,21,26)(H,22,25);2-4,7,20H,5-6H2,1H3,(H,18,22);6H,3,5H2,1-2H3. The van der Waals surface area contributed by atoms with Crippen molar-refractivity contribution in [2.75, 3.05) is 31.5 Å². The van der Waals surface area contributed by atoms with E-state index in [2.05, 4.69) is 40.9 Å². The molecule has 2 aliphatic rings. The fraction of sp³-hybridized carbons (Fsp3) is 0.350. The second-order valence-electron chi connectivity index (χ2n) is 14.9. The Morgan fingerprint density at radius 1 is 0.727 bits per heavy atom. The van der Waals surface area contributed by atoms with E-state index in [0.717, 1.165) is 63.5 Å². The van der Waals surface area contributed by atoms with E-state index in [1.54, 1.807) is 46.8 Å². The molecule has 2 aromatic carbocycles. The number of aromatic nitrogens is 6. The number of fused-ring (bicyclic) bond motifs is 4. The van der Waals surface area contributed by atoms with Crippen LogP contribution < -0.4 is 21.7 Å². The van der Waals surface area contributed by atoms with Gasteiger partial charge in [-0.1, -0.05) is 24.3 Å². The largest absolute Gasteiger partial charge is 0.389 e. The molecule has 15 heteroatoms. The van der Waals surface area contributed by atoms with Gasteiger partial charge in [0, 0.05) is 72.9 Å². The Hall–Kier alpha value is -5.77. The number of rotatable bonds is 6. The summed E-state index contributed by atoms with van der Waals surface area (Å²) in [6.07, 6.45) is 1.54. The van der Waals surface area contributed by atoms with Gasteiger partial charge < -0.3 is 41.9 Å². The summed E-state index contributed by atoms with van der Waals surface area (Å²) >= 11 is 0. The van der Waals surface area contributed by atoms with Crippen LogP contribution in [0.5, 0.6) is 0 Å². The van der Waals surface area contributed by atoms with Crippen molar-refractivity contribution in [2.24, 2.45) is 5.73 Å². The van der Waals surface area contributed by atoms with Crippen molar-refractivity contribution in [3.05, 3.63) is 88.4 Å². The molecular weight excluding hydrogens is 704 g/mol. The van der Waals surface area contributed by atoms with Crippen molar-refractivity contribution in [3.63, 3.8) is 0 Å². The molecular formula is C40H47FN10O4. The summed E-state index contributed by atoms with van der Waals surface area (Å²) in [5.41, 5.74) is 13.7. The molecule has 0 saturated carbocycles. The van der Waals surface area contributed by atoms with Gasteiger partial charge in [0.1, 0.15) is 16.9 Å². The van der Waals surface area contributed by atoms with Gasteiger partial charge in [0.25, 0.3) is 11.8 Å². The van der Waals surface area contributed by atoms with Crippen molar-refractivity contribution >= 4 is 39.7 Å². The van der Waals surface area contributed by atoms with Crippen molar-refractivity contribution in [2.45, 2.75) is 65.6 Å². The number of anilines is 1. The highest BCUT2D eigenvalue weighted by Crippen LogP contribution is 2.31. The Balaban J connectivity index is 0.000000166. The summed E-state index contributed by atoms with van der Waals surface area (Å²) < 4.78 is 13.8. The van der Waals surface area contributed by atoms with E-state index in [0.29, 0.717) is 54.2 Å². The van der Waals surface area contributed by atoms with E-state index in [9.17, 15) is 19.1 Å². The Bertz CT molecular complexity index is 2390. The molecule has 0 bridgehead atoms. The predicted molar refractivity (Wildman–Crippen MR) is 210 cm³/mol. The van der Waals surface area contributed by atoms with Gasteiger partial charge in [-0.25, -0.2) is 19.9 Å². The topological polar surface area (TPSA) is 220 Å². The van der Waals surface area contributed by atoms with Gasteiger partial charge in [0.2, 0.25) is 5.95 Å². The van der Waals surface area contributed by atoms with Gasteiger partial charge in [0.05, 0.1) is 44.8 Å². The van der Waals surface area contributed by atoms with Gasteiger partial charge in [-0.3, -0.25) is 9.59 Å². The molecule has 0 fully saturated rings. The predicted octanol–water partition coefficient (Wildman–Crippen LogP) is 4.48. The molecule has 2 amide bonds. The maximum absolute atomic E-state index is 13.8. The maximum atomic E-state index is 13.8. The molecule has 2 aliphatic heterocycles. The monoisotopic (exact) mass is 750 g/mol. The van der Waals surface area contributed by atoms with Crippen LogP contribution in [0.4, 0.5) is 10.2 Å². The first-order chi connectivity index (χ1) is 26.0. The number of aromatic amines is 2. The van der Waals surface area contributed by atoms with E-state index < -0.39 is 17.1 Å². The van der Waals surface area contributed by atoms with Crippen LogP contribution in [0.25, 0.3) is 44.6 Å². The number of aliphatic hydroxyl groups is 2. The summed E-state index contributed by atoms with van der Waals surface area (Å²) in [5, 5.41) is 27.5. The zero-order chi connectivity index (χ0) is 39.7. The minimum atomic E-state index is -0.853. The lowest BCUT2D eigenvalue weighted by Gasteiger charge is -2.19. The summed E-state index contributed by atoms with van der Waals surface area (Å²) in [5.74, 6) is -0.0642. The van der Waals surface area contributed by atoms with Crippen LogP contribution >= 0.6 is 0 Å². The van der Waals surface area contributed by atoms with Gasteiger partial charge in [0.15, 0.2) is 0 Å². The number of carbonyl (C=O) groups is 2. The van der Waals surface area contributed by atoms with E-state index >= 15 is 0 Å². The third kappa shape index (κ3) is 8.96. The number of amides is 2. The highest BCUT2D eigenvalue weighted by atomic mass is 19.1. The number of H-pyrrole nitrogens is 2. The summed E-state index contributed by atoms with van der Waals surface area (Å²) in [6.45, 7) is 12.3. The maximum Gasteiger partial charge on any atom is 0.253 e. The third-order valence-corrected chi connectivity index (χ3v) is 9.06. The summed E-state index contributed by atoms with van der Waals surface area (Å²) in [4.78, 5) is 48.3. The van der Waals surface area contributed by atoms with E-state index in [1.807, 2.05) is 43.3 Å². The number of hydrogen-bond donors (Lipinski definition) is 8. The number of para-hydroxylation sites is 2. The van der Waals surface area contributed by atoms with E-state index in [1.165, 1.54) is 0 Å². The Morgan fingerprint density at radius 3 is 1.65 bits per heavy atom. The van der Waals surface area contributed by atoms with Gasteiger partial charge >= 0.3 is 0 Å². The first-order valence-electron chi connectivity index (χ1n) is 18.1. The average Bonchev–Trinajstić information content (AvgIpc) is 3.77. The molecule has 0 saturated heterocycles. The molecule has 0 atom stereocenters. The number of benzene rings is 2. The molecule has 288 valence electrons. The van der Waals surface area contributed by atoms with Crippen molar-refractivity contribution < 1.29 is 24.2 Å². The van der Waals surface area contributed by atoms with Crippen LogP contribution in [0.15, 0.2) is 48.5 Å². The number of aryl methyl sites for hydroxylation is 2. The molecule has 14 nitrogen and oxygen atoms in total. The van der Waals surface area contributed by atoms with Crippen molar-refractivity contribution in [1.29, 1.82) is 0 Å². The van der Waals surface area contributed by atoms with E-state index in [-0.39, 0.29) is 17.5 Å². The average molecular weight is 751 g/mol. The Morgan fingerprint density at radius 2 is 1.20 bits per heavy atom. The lowest BCUT2D eigenvalue weighted by atomic mass is 10.1. The van der Waals surface area contributed by atoms with Gasteiger partial charge in [-0.2, -0.15) is 4.39 Å². The molecule has 9 N–H and O–H groups in total. The van der Waals surface area contributed by atoms with Crippen LogP contribution in [0.3, 0.4) is 0 Å². The molecule has 0 spiro atoms. The fourth-order valence-electron chi connectivity index (χ4n) is 6.09. The Kier molecular flexibility index (Phi) is 11.0. The van der Waals surface area contributed by atoms with Crippen LogP contribution in [-0.2, 0) is 12.8 Å². The normalized spacial score (nSPS) is 13.9. The number of hydrogen-bond acceptors (Lipinski definition) is 10. The first kappa shape index (κ1) is 38.9. The van der Waals surface area contributed by atoms with Gasteiger partial charge in [-0.05, 0) is 65.8 Å². The van der Waals surface area contributed by atoms with E-state index in [4.69, 9.17) is 15.8 Å². The van der Waals surface area contributed by atoms with Crippen LogP contribution in [0.1, 0.15) is 71.2 Å². The quantitative estimate of drug-likeness (QED) is 0.119. The minimum absolute atomic E-state index is 0.0477. The molecule has 55 heavy (non-hydrogen) atoms. The third-order valence-electron chi connectivity index (χ3n) is 9.06. The Labute approximate surface area is 317 Å². The van der Waals surface area contributed by atoms with Crippen molar-refractivity contribution in [1.82, 2.24) is 40.5 Å². The zero-order valence-corrected chi connectivity index (χ0v) is 31.8. The smallest absolute Gasteiger partial charge is 0.253 e.